The van der Waals surface area contributed by atoms with Crippen LogP contribution in [0.2, 0.25) is 0 Å². The zero-order valence-electron chi connectivity index (χ0n) is 41.3. The molecule has 0 spiro atoms. The van der Waals surface area contributed by atoms with Gasteiger partial charge in [-0.2, -0.15) is 105 Å². The van der Waals surface area contributed by atoms with Crippen LogP contribution in [-0.4, -0.2) is 117 Å². The quantitative estimate of drug-likeness (QED) is 0.0778. The summed E-state index contributed by atoms with van der Waals surface area (Å²) in [5.74, 6) is -37.4. The Morgan fingerprint density at radius 2 is 0.636 bits per heavy atom. The molecule has 1 atom stereocenters. The molecule has 0 aliphatic rings. The Hall–Kier alpha value is -4.82. The maximum Gasteiger partial charge on any atom is 0.457 e. The molecule has 3 nitrogen and oxygen atoms in total. The Labute approximate surface area is 425 Å². The van der Waals surface area contributed by atoms with Crippen molar-refractivity contribution < 1.29 is 146 Å². The van der Waals surface area contributed by atoms with E-state index in [0.29, 0.717) is 0 Å². The summed E-state index contributed by atoms with van der Waals surface area (Å²) in [5, 5.41) is 0. The van der Waals surface area contributed by atoms with Crippen molar-refractivity contribution in [3.63, 3.8) is 0 Å². The second-order valence-corrected chi connectivity index (χ2v) is 12.8. The van der Waals surface area contributed by atoms with E-state index in [2.05, 4.69) is 93.2 Å². The van der Waals surface area contributed by atoms with Crippen LogP contribution in [0.4, 0.5) is 132 Å². The lowest BCUT2D eigenvalue weighted by atomic mass is 10.1. The van der Waals surface area contributed by atoms with Gasteiger partial charge in [0.2, 0.25) is 0 Å². The zero-order chi connectivity index (χ0) is 65.6. The second-order valence-electron chi connectivity index (χ2n) is 12.8. The van der Waals surface area contributed by atoms with Gasteiger partial charge >= 0.3 is 78.0 Å². The predicted molar refractivity (Wildman–Crippen MR) is 233 cm³/mol. The molecule has 77 heavy (non-hydrogen) atoms. The zero-order valence-corrected chi connectivity index (χ0v) is 41.3. The largest absolute Gasteiger partial charge is 0.457 e. The van der Waals surface area contributed by atoms with Crippen LogP contribution < -0.4 is 0 Å². The molecule has 0 radical (unpaired) electrons. The lowest BCUT2D eigenvalue weighted by Gasteiger charge is -2.28. The van der Waals surface area contributed by atoms with Gasteiger partial charge in [0.1, 0.15) is 24.9 Å². The van der Waals surface area contributed by atoms with E-state index in [1.165, 1.54) is 18.2 Å². The van der Waals surface area contributed by atoms with Crippen LogP contribution >= 0.6 is 0 Å². The van der Waals surface area contributed by atoms with E-state index in [1.807, 2.05) is 6.58 Å². The summed E-state index contributed by atoms with van der Waals surface area (Å²) in [6.45, 7) is 35.3. The Morgan fingerprint density at radius 1 is 0.390 bits per heavy atom. The Balaban J connectivity index is -0.0000000843. The summed E-state index contributed by atoms with van der Waals surface area (Å²) in [6.07, 6.45) is -19.2. The monoisotopic (exact) mass is 1200 g/mol. The molecule has 0 rings (SSSR count). The van der Waals surface area contributed by atoms with Crippen LogP contribution in [-0.2, 0) is 14.2 Å². The molecule has 0 heterocycles. The molecule has 0 aliphatic carbocycles. The third-order valence-electron chi connectivity index (χ3n) is 6.27. The molecule has 0 saturated heterocycles. The molecule has 0 N–H and O–H groups in total. The van der Waals surface area contributed by atoms with Crippen molar-refractivity contribution in [2.75, 3.05) is 33.0 Å². The van der Waals surface area contributed by atoms with Crippen molar-refractivity contribution in [3.8, 4) is 0 Å². The minimum absolute atomic E-state index is 0.0625. The van der Waals surface area contributed by atoms with Gasteiger partial charge in [0.25, 0.3) is 0 Å². The molecule has 0 bridgehead atoms. The van der Waals surface area contributed by atoms with E-state index < -0.39 is 109 Å². The molecule has 0 fully saturated rings. The first-order valence-electron chi connectivity index (χ1n) is 19.1. The van der Waals surface area contributed by atoms with E-state index in [9.17, 15) is 132 Å². The van der Waals surface area contributed by atoms with E-state index >= 15 is 0 Å². The number of hydrogen-bond donors (Lipinski definition) is 0. The van der Waals surface area contributed by atoms with Crippen LogP contribution in [0.25, 0.3) is 0 Å². The van der Waals surface area contributed by atoms with Crippen molar-refractivity contribution in [1.82, 2.24) is 0 Å². The normalized spacial score (nSPS) is 12.6. The molecule has 0 aliphatic heterocycles. The lowest BCUT2D eigenvalue weighted by Crippen LogP contribution is -2.47. The fourth-order valence-corrected chi connectivity index (χ4v) is 1.92. The summed E-state index contributed by atoms with van der Waals surface area (Å²) in [4.78, 5) is 0. The molecule has 462 valence electrons. The van der Waals surface area contributed by atoms with E-state index in [4.69, 9.17) is 0 Å². The van der Waals surface area contributed by atoms with E-state index in [1.54, 1.807) is 0 Å². The number of alkyl halides is 30. The summed E-state index contributed by atoms with van der Waals surface area (Å²) in [5.41, 5.74) is -2.68. The van der Waals surface area contributed by atoms with Gasteiger partial charge in [-0.1, -0.05) is 44.5 Å². The summed E-state index contributed by atoms with van der Waals surface area (Å²) in [6, 6.07) is 0. The van der Waals surface area contributed by atoms with E-state index in [-0.39, 0.29) is 59.7 Å². The average molecular weight is 1200 g/mol. The van der Waals surface area contributed by atoms with Crippen molar-refractivity contribution in [2.45, 2.75) is 119 Å². The first kappa shape index (κ1) is 94.6. The molecule has 0 aromatic heterocycles. The Bertz CT molecular complexity index is 1480. The molecule has 0 saturated carbocycles. The molecule has 33 heteroatoms. The van der Waals surface area contributed by atoms with Crippen LogP contribution in [0.15, 0.2) is 128 Å². The molecule has 0 aromatic carbocycles. The van der Waals surface area contributed by atoms with Crippen molar-refractivity contribution in [1.29, 1.82) is 0 Å². The van der Waals surface area contributed by atoms with Gasteiger partial charge < -0.3 is 14.2 Å². The van der Waals surface area contributed by atoms with Crippen LogP contribution in [0.3, 0.4) is 0 Å². The van der Waals surface area contributed by atoms with Crippen LogP contribution in [0.1, 0.15) is 34.6 Å². The highest BCUT2D eigenvalue weighted by atomic mass is 19.4. The number of hydrogen-bond acceptors (Lipinski definition) is 3. The van der Waals surface area contributed by atoms with Gasteiger partial charge in [0, 0.05) is 33.8 Å². The maximum absolute atomic E-state index is 12.7. The number of ether oxygens (including phenoxy) is 3. The molecule has 1 unspecified atom stereocenters. The highest BCUT2D eigenvalue weighted by Gasteiger charge is 2.57. The fourth-order valence-electron chi connectivity index (χ4n) is 1.92. The molecule has 0 amide bonds. The van der Waals surface area contributed by atoms with Crippen molar-refractivity contribution in [2.24, 2.45) is 0 Å². The Kier molecular flexibility index (Phi) is 49.6. The second kappa shape index (κ2) is 40.4. The van der Waals surface area contributed by atoms with Gasteiger partial charge in [0.05, 0.1) is 19.8 Å². The standard InChI is InChI=1S/C8H12F4O.2C7H10F4O.C5H6F4.C4H2F6.C4H3F5.C3H3F3.3C2H4/c1-4-5-13-6(2)8(11,12)7(3,9)10;2*1-3-4-12-5-7(10,11)6(2,8)9;1-3-5(8,9)4(2,6)7;1-2(3(5,6)7)4(8,9)10;1-2-3(5,6)4(7,8)9;1-2-3(4,5)6;3*1-2/h4,6H,1,5H2,2-3H3;2*3H,1,4-5H2,2H3;3H,1H2,2H3;1H2;2H,1H2;2H,1H2;3*1-2H2. The first-order valence-corrected chi connectivity index (χ1v) is 19.1. The highest BCUT2D eigenvalue weighted by molar-refractivity contribution is 5.09. The smallest absolute Gasteiger partial charge is 0.371 e. The summed E-state index contributed by atoms with van der Waals surface area (Å²) >= 11 is 0. The topological polar surface area (TPSA) is 27.7 Å². The number of halogens is 30. The van der Waals surface area contributed by atoms with E-state index in [0.717, 1.165) is 6.92 Å². The van der Waals surface area contributed by atoms with Crippen molar-refractivity contribution >= 4 is 0 Å². The minimum atomic E-state index is -5.51. The van der Waals surface area contributed by atoms with Gasteiger partial charge in [-0.25, -0.2) is 26.3 Å². The molecular formula is C44H58F30O3. The average Bonchev–Trinajstić information content (AvgIpc) is 3.26. The maximum atomic E-state index is 12.7. The summed E-state index contributed by atoms with van der Waals surface area (Å²) < 4.78 is 362. The van der Waals surface area contributed by atoms with Crippen LogP contribution in [0.5, 0.6) is 0 Å². The van der Waals surface area contributed by atoms with Gasteiger partial charge in [-0.05, 0) is 19.1 Å². The fraction of sp³-hybridized carbons (Fsp3) is 0.545. The van der Waals surface area contributed by atoms with Crippen LogP contribution in [0, 0.1) is 0 Å². The highest BCUT2D eigenvalue weighted by Crippen LogP contribution is 2.40. The molecule has 0 aromatic rings. The minimum Gasteiger partial charge on any atom is -0.371 e. The number of allylic oxidation sites excluding steroid dienone is 4. The third-order valence-corrected chi connectivity index (χ3v) is 6.27. The molecular weight excluding hydrogens is 1150 g/mol. The van der Waals surface area contributed by atoms with Gasteiger partial charge in [-0.15, -0.1) is 59.2 Å². The predicted octanol–water partition coefficient (Wildman–Crippen LogP) is 19.5. The summed E-state index contributed by atoms with van der Waals surface area (Å²) in [7, 11) is 0. The third kappa shape index (κ3) is 49.2. The SMILES string of the molecule is C=C.C=C.C=C.C=C(C(F)(F)F)C(F)(F)F.C=CC(F)(F)C(C)(F)F.C=CC(F)(F)C(F)(F)F.C=CC(F)(F)F.C=CCOC(C)C(F)(F)C(C)(F)F.C=CCOCC(F)(F)C(C)(F)F.C=CCOCC(F)(F)C(C)(F)F. The van der Waals surface area contributed by atoms with Gasteiger partial charge in [0.15, 0.2) is 0 Å². The first-order chi connectivity index (χ1) is 33.7. The van der Waals surface area contributed by atoms with Crippen molar-refractivity contribution in [3.05, 3.63) is 128 Å². The number of rotatable bonds is 18. The lowest BCUT2D eigenvalue weighted by molar-refractivity contribution is -0.259. The Morgan fingerprint density at radius 3 is 0.740 bits per heavy atom. The van der Waals surface area contributed by atoms with Gasteiger partial charge in [-0.3, -0.25) is 0 Å².